The van der Waals surface area contributed by atoms with Gasteiger partial charge >= 0.3 is 0 Å². The van der Waals surface area contributed by atoms with Crippen molar-refractivity contribution in [1.82, 2.24) is 19.7 Å². The van der Waals surface area contributed by atoms with Crippen LogP contribution in [0.5, 0.6) is 0 Å². The predicted molar refractivity (Wildman–Crippen MR) is 75.0 cm³/mol. The van der Waals surface area contributed by atoms with Crippen LogP contribution in [0.3, 0.4) is 0 Å². The van der Waals surface area contributed by atoms with Gasteiger partial charge in [-0.2, -0.15) is 4.68 Å². The molecule has 0 radical (unpaired) electrons. The highest BCUT2D eigenvalue weighted by Crippen LogP contribution is 2.25. The number of nitrogens with zero attached hydrogens (tertiary/aromatic N) is 4. The second-order valence-corrected chi connectivity index (χ2v) is 5.14. The molecule has 0 aromatic carbocycles. The monoisotopic (exact) mass is 287 g/mol. The number of aryl methyl sites for hydroxylation is 1. The van der Waals surface area contributed by atoms with Crippen molar-refractivity contribution in [1.29, 1.82) is 0 Å². The zero-order valence-electron chi connectivity index (χ0n) is 11.8. The summed E-state index contributed by atoms with van der Waals surface area (Å²) in [4.78, 5) is 20.0. The summed E-state index contributed by atoms with van der Waals surface area (Å²) >= 11 is 0. The number of primary amides is 1. The molecule has 3 rings (SSSR count). The number of hydrogen-bond acceptors (Lipinski definition) is 5. The quantitative estimate of drug-likeness (QED) is 0.883. The Morgan fingerprint density at radius 1 is 1.48 bits per heavy atom. The van der Waals surface area contributed by atoms with Crippen LogP contribution in [-0.4, -0.2) is 38.9 Å². The van der Waals surface area contributed by atoms with E-state index in [1.165, 1.54) is 0 Å². The Morgan fingerprint density at radius 2 is 2.33 bits per heavy atom. The zero-order valence-corrected chi connectivity index (χ0v) is 11.8. The van der Waals surface area contributed by atoms with E-state index >= 15 is 0 Å². The second-order valence-electron chi connectivity index (χ2n) is 5.14. The normalized spacial score (nSPS) is 18.0. The van der Waals surface area contributed by atoms with Gasteiger partial charge in [-0.1, -0.05) is 6.07 Å². The number of nitrogens with two attached hydrogens (primary N) is 1. The first-order valence-corrected chi connectivity index (χ1v) is 6.89. The summed E-state index contributed by atoms with van der Waals surface area (Å²) in [5.74, 6) is 1.62. The van der Waals surface area contributed by atoms with E-state index in [1.54, 1.807) is 4.68 Å². The fourth-order valence-electron chi connectivity index (χ4n) is 2.42. The molecule has 1 amide bonds. The van der Waals surface area contributed by atoms with Gasteiger partial charge in [0.1, 0.15) is 5.82 Å². The van der Waals surface area contributed by atoms with E-state index in [-0.39, 0.29) is 12.3 Å². The number of hydrogen-bond donors (Lipinski definition) is 1. The van der Waals surface area contributed by atoms with Crippen molar-refractivity contribution in [2.75, 3.05) is 13.2 Å². The molecule has 1 atom stereocenters. The Morgan fingerprint density at radius 3 is 3.00 bits per heavy atom. The maximum atomic E-state index is 11.1. The van der Waals surface area contributed by atoms with Crippen molar-refractivity contribution in [2.45, 2.75) is 25.7 Å². The van der Waals surface area contributed by atoms with Gasteiger partial charge < -0.3 is 10.5 Å². The smallest absolute Gasteiger partial charge is 0.225 e. The maximum absolute atomic E-state index is 11.1. The minimum atomic E-state index is -0.446. The van der Waals surface area contributed by atoms with Gasteiger partial charge in [-0.25, -0.2) is 9.97 Å². The molecule has 1 fully saturated rings. The second kappa shape index (κ2) is 5.61. The summed E-state index contributed by atoms with van der Waals surface area (Å²) in [5.41, 5.74) is 6.13. The van der Waals surface area contributed by atoms with E-state index < -0.39 is 5.91 Å². The predicted octanol–water partition coefficient (Wildman–Crippen LogP) is 0.502. The lowest BCUT2D eigenvalue weighted by Crippen LogP contribution is -2.14. The van der Waals surface area contributed by atoms with Gasteiger partial charge in [0.2, 0.25) is 5.91 Å². The molecule has 7 nitrogen and oxygen atoms in total. The van der Waals surface area contributed by atoms with E-state index in [4.69, 9.17) is 10.5 Å². The Labute approximate surface area is 122 Å². The maximum Gasteiger partial charge on any atom is 0.225 e. The molecule has 3 heterocycles. The molecule has 2 N–H and O–H groups in total. The average Bonchev–Trinajstić information content (AvgIpc) is 3.06. The third-order valence-electron chi connectivity index (χ3n) is 3.39. The molecule has 0 bridgehead atoms. The molecule has 1 aliphatic heterocycles. The van der Waals surface area contributed by atoms with Crippen LogP contribution in [0.1, 0.15) is 29.7 Å². The van der Waals surface area contributed by atoms with E-state index in [1.807, 2.05) is 25.1 Å². The van der Waals surface area contributed by atoms with Crippen molar-refractivity contribution in [3.05, 3.63) is 35.5 Å². The number of ether oxygens (including phenoxy) is 1. The summed E-state index contributed by atoms with van der Waals surface area (Å²) in [5, 5.41) is 4.39. The zero-order chi connectivity index (χ0) is 14.8. The van der Waals surface area contributed by atoms with Gasteiger partial charge in [-0.3, -0.25) is 4.79 Å². The highest BCUT2D eigenvalue weighted by atomic mass is 16.5. The van der Waals surface area contributed by atoms with Crippen molar-refractivity contribution in [3.8, 4) is 5.82 Å². The highest BCUT2D eigenvalue weighted by Gasteiger charge is 2.26. The van der Waals surface area contributed by atoms with Crippen LogP contribution in [0.2, 0.25) is 0 Å². The standard InChI is InChI=1S/C14H17N5O2/c1-9-3-2-4-13(16-9)19-14(10-5-6-21-8-10)17-12(18-19)7-11(15)20/h2-4,10H,5-8H2,1H3,(H2,15,20). The topological polar surface area (TPSA) is 95.9 Å². The number of carbonyl (C=O) groups is 1. The molecule has 0 aliphatic carbocycles. The van der Waals surface area contributed by atoms with Crippen LogP contribution < -0.4 is 5.73 Å². The summed E-state index contributed by atoms with van der Waals surface area (Å²) in [6, 6.07) is 5.71. The molecule has 2 aromatic rings. The van der Waals surface area contributed by atoms with E-state index in [0.29, 0.717) is 24.9 Å². The van der Waals surface area contributed by atoms with Crippen LogP contribution in [0.4, 0.5) is 0 Å². The van der Waals surface area contributed by atoms with Crippen LogP contribution in [0.25, 0.3) is 5.82 Å². The van der Waals surface area contributed by atoms with Gasteiger partial charge in [0.25, 0.3) is 0 Å². The molecule has 1 aliphatic rings. The van der Waals surface area contributed by atoms with Gasteiger partial charge in [0.05, 0.1) is 13.0 Å². The summed E-state index contributed by atoms with van der Waals surface area (Å²) in [6.45, 7) is 3.24. The third kappa shape index (κ3) is 2.92. The third-order valence-corrected chi connectivity index (χ3v) is 3.39. The van der Waals surface area contributed by atoms with Gasteiger partial charge in [-0.15, -0.1) is 5.10 Å². The molecule has 1 saturated heterocycles. The Kier molecular flexibility index (Phi) is 3.66. The van der Waals surface area contributed by atoms with Crippen LogP contribution in [-0.2, 0) is 16.0 Å². The number of amides is 1. The molecule has 1 unspecified atom stereocenters. The van der Waals surface area contributed by atoms with Crippen molar-refractivity contribution >= 4 is 5.91 Å². The van der Waals surface area contributed by atoms with E-state index in [2.05, 4.69) is 15.1 Å². The summed E-state index contributed by atoms with van der Waals surface area (Å²) < 4.78 is 7.12. The molecule has 2 aromatic heterocycles. The molecule has 0 saturated carbocycles. The summed E-state index contributed by atoms with van der Waals surface area (Å²) in [7, 11) is 0. The van der Waals surface area contributed by atoms with Crippen molar-refractivity contribution in [2.24, 2.45) is 5.73 Å². The number of carbonyl (C=O) groups excluding carboxylic acids is 1. The lowest BCUT2D eigenvalue weighted by Gasteiger charge is -2.09. The Hall–Kier alpha value is -2.28. The average molecular weight is 287 g/mol. The molecule has 21 heavy (non-hydrogen) atoms. The molecular weight excluding hydrogens is 270 g/mol. The summed E-state index contributed by atoms with van der Waals surface area (Å²) in [6.07, 6.45) is 0.917. The lowest BCUT2D eigenvalue weighted by molar-refractivity contribution is -0.117. The fraction of sp³-hybridized carbons (Fsp3) is 0.429. The van der Waals surface area contributed by atoms with E-state index in [9.17, 15) is 4.79 Å². The lowest BCUT2D eigenvalue weighted by atomic mass is 10.1. The van der Waals surface area contributed by atoms with Gasteiger partial charge in [0, 0.05) is 18.2 Å². The first-order chi connectivity index (χ1) is 10.1. The number of pyridine rings is 1. The first kappa shape index (κ1) is 13.7. The molecule has 110 valence electrons. The first-order valence-electron chi connectivity index (χ1n) is 6.89. The van der Waals surface area contributed by atoms with Gasteiger partial charge in [0.15, 0.2) is 11.6 Å². The Balaban J connectivity index is 2.03. The minimum Gasteiger partial charge on any atom is -0.381 e. The molecular formula is C14H17N5O2. The van der Waals surface area contributed by atoms with Crippen LogP contribution in [0.15, 0.2) is 18.2 Å². The van der Waals surface area contributed by atoms with Gasteiger partial charge in [-0.05, 0) is 25.5 Å². The van der Waals surface area contributed by atoms with E-state index in [0.717, 1.165) is 17.9 Å². The van der Waals surface area contributed by atoms with Crippen LogP contribution >= 0.6 is 0 Å². The fourth-order valence-corrected chi connectivity index (χ4v) is 2.42. The Bertz CT molecular complexity index is 661. The largest absolute Gasteiger partial charge is 0.381 e. The van der Waals surface area contributed by atoms with Crippen LogP contribution in [0, 0.1) is 6.92 Å². The number of aromatic nitrogens is 4. The van der Waals surface area contributed by atoms with Crippen molar-refractivity contribution in [3.63, 3.8) is 0 Å². The van der Waals surface area contributed by atoms with Crippen molar-refractivity contribution < 1.29 is 9.53 Å². The SMILES string of the molecule is Cc1cccc(-n2nc(CC(N)=O)nc2C2CCOC2)n1. The highest BCUT2D eigenvalue weighted by molar-refractivity contribution is 5.75. The minimum absolute atomic E-state index is 0.0272. The number of rotatable bonds is 4. The molecule has 7 heteroatoms. The molecule has 0 spiro atoms.